The summed E-state index contributed by atoms with van der Waals surface area (Å²) >= 11 is 0. The van der Waals surface area contributed by atoms with Gasteiger partial charge in [-0.15, -0.1) is 0 Å². The van der Waals surface area contributed by atoms with Crippen LogP contribution in [0.15, 0.2) is 24.3 Å². The minimum Gasteiger partial charge on any atom is -0.375 e. The van der Waals surface area contributed by atoms with Crippen molar-refractivity contribution in [2.24, 2.45) is 5.73 Å². The van der Waals surface area contributed by atoms with Gasteiger partial charge in [-0.1, -0.05) is 24.3 Å². The van der Waals surface area contributed by atoms with E-state index < -0.39 is 0 Å². The number of benzene rings is 1. The Labute approximate surface area is 111 Å². The lowest BCUT2D eigenvalue weighted by atomic mass is 10.1. The van der Waals surface area contributed by atoms with Crippen LogP contribution in [0.4, 0.5) is 0 Å². The first kappa shape index (κ1) is 15.2. The lowest BCUT2D eigenvalue weighted by Crippen LogP contribution is -2.42. The van der Waals surface area contributed by atoms with Crippen LogP contribution in [-0.2, 0) is 17.8 Å². The van der Waals surface area contributed by atoms with Gasteiger partial charge in [0.2, 0.25) is 0 Å². The maximum absolute atomic E-state index is 5.78. The second kappa shape index (κ2) is 6.88. The summed E-state index contributed by atoms with van der Waals surface area (Å²) in [5.41, 5.74) is 8.09. The molecule has 0 amide bonds. The van der Waals surface area contributed by atoms with E-state index in [1.165, 1.54) is 11.1 Å². The summed E-state index contributed by atoms with van der Waals surface area (Å²) in [4.78, 5) is 2.18. The molecule has 0 radical (unpaired) electrons. The van der Waals surface area contributed by atoms with Crippen LogP contribution >= 0.6 is 0 Å². The van der Waals surface area contributed by atoms with Gasteiger partial charge >= 0.3 is 0 Å². The molecule has 1 aromatic carbocycles. The molecule has 3 heteroatoms. The molecule has 0 spiro atoms. The van der Waals surface area contributed by atoms with Gasteiger partial charge in [-0.3, -0.25) is 0 Å². The Morgan fingerprint density at radius 3 is 2.17 bits per heavy atom. The van der Waals surface area contributed by atoms with Gasteiger partial charge in [0.05, 0.1) is 13.2 Å². The Balaban J connectivity index is 2.40. The molecule has 0 heterocycles. The van der Waals surface area contributed by atoms with Gasteiger partial charge in [0.25, 0.3) is 0 Å². The number of hydrogen-bond acceptors (Lipinski definition) is 3. The third-order valence-electron chi connectivity index (χ3n) is 3.39. The molecule has 0 unspecified atom stereocenters. The molecule has 3 nitrogen and oxygen atoms in total. The summed E-state index contributed by atoms with van der Waals surface area (Å²) in [6.45, 7) is 6.45. The molecule has 0 fully saturated rings. The molecule has 0 aliphatic carbocycles. The van der Waals surface area contributed by atoms with Gasteiger partial charge < -0.3 is 15.4 Å². The molecule has 2 N–H and O–H groups in total. The highest BCUT2D eigenvalue weighted by Gasteiger charge is 2.20. The SMILES string of the molecule is CN(C)C(C)(C)COCc1ccc(CCN)cc1. The minimum absolute atomic E-state index is 0.0689. The average molecular weight is 250 g/mol. The predicted octanol–water partition coefficient (Wildman–Crippen LogP) is 2.04. The lowest BCUT2D eigenvalue weighted by molar-refractivity contribution is 0.0275. The first-order valence-electron chi connectivity index (χ1n) is 6.49. The van der Waals surface area contributed by atoms with Crippen LogP contribution in [-0.4, -0.2) is 37.7 Å². The van der Waals surface area contributed by atoms with Crippen molar-refractivity contribution < 1.29 is 4.74 Å². The predicted molar refractivity (Wildman–Crippen MR) is 76.6 cm³/mol. The maximum Gasteiger partial charge on any atom is 0.0717 e. The van der Waals surface area contributed by atoms with E-state index in [0.29, 0.717) is 13.2 Å². The molecule has 0 saturated carbocycles. The standard InChI is InChI=1S/C15H26N2O/c1-15(2,17(3)4)12-18-11-14-7-5-13(6-8-14)9-10-16/h5-8H,9-12,16H2,1-4H3. The summed E-state index contributed by atoms with van der Waals surface area (Å²) in [6, 6.07) is 8.49. The Morgan fingerprint density at radius 1 is 1.11 bits per heavy atom. The number of nitrogens with zero attached hydrogens (tertiary/aromatic N) is 1. The molecule has 102 valence electrons. The average Bonchev–Trinajstić information content (AvgIpc) is 2.31. The van der Waals surface area contributed by atoms with Crippen molar-refractivity contribution in [1.82, 2.24) is 4.90 Å². The fraction of sp³-hybridized carbons (Fsp3) is 0.600. The molecule has 18 heavy (non-hydrogen) atoms. The highest BCUT2D eigenvalue weighted by atomic mass is 16.5. The second-order valence-corrected chi connectivity index (χ2v) is 5.55. The van der Waals surface area contributed by atoms with E-state index in [0.717, 1.165) is 13.0 Å². The van der Waals surface area contributed by atoms with E-state index in [-0.39, 0.29) is 5.54 Å². The first-order valence-corrected chi connectivity index (χ1v) is 6.49. The van der Waals surface area contributed by atoms with Crippen LogP contribution in [0, 0.1) is 0 Å². The van der Waals surface area contributed by atoms with Gasteiger partial charge in [0.15, 0.2) is 0 Å². The third-order valence-corrected chi connectivity index (χ3v) is 3.39. The number of likely N-dealkylation sites (N-methyl/N-ethyl adjacent to an activating group) is 1. The zero-order valence-electron chi connectivity index (χ0n) is 12.1. The van der Waals surface area contributed by atoms with Crippen LogP contribution in [0.25, 0.3) is 0 Å². The second-order valence-electron chi connectivity index (χ2n) is 5.55. The molecule has 0 aliphatic heterocycles. The number of nitrogens with two attached hydrogens (primary N) is 1. The largest absolute Gasteiger partial charge is 0.375 e. The van der Waals surface area contributed by atoms with Crippen molar-refractivity contribution in [2.75, 3.05) is 27.2 Å². The maximum atomic E-state index is 5.78. The zero-order valence-corrected chi connectivity index (χ0v) is 12.1. The molecule has 0 aliphatic rings. The molecular formula is C15H26N2O. The van der Waals surface area contributed by atoms with Crippen LogP contribution < -0.4 is 5.73 Å². The Kier molecular flexibility index (Phi) is 5.79. The smallest absolute Gasteiger partial charge is 0.0717 e. The van der Waals surface area contributed by atoms with E-state index in [4.69, 9.17) is 10.5 Å². The molecule has 1 aromatic rings. The van der Waals surface area contributed by atoms with Crippen molar-refractivity contribution in [1.29, 1.82) is 0 Å². The Bertz CT molecular complexity index is 344. The van der Waals surface area contributed by atoms with Crippen molar-refractivity contribution in [3.05, 3.63) is 35.4 Å². The summed E-state index contributed by atoms with van der Waals surface area (Å²) in [7, 11) is 4.15. The highest BCUT2D eigenvalue weighted by molar-refractivity contribution is 5.22. The minimum atomic E-state index is 0.0689. The highest BCUT2D eigenvalue weighted by Crippen LogP contribution is 2.12. The summed E-state index contributed by atoms with van der Waals surface area (Å²) in [5, 5.41) is 0. The van der Waals surface area contributed by atoms with Crippen molar-refractivity contribution in [3.8, 4) is 0 Å². The number of rotatable bonds is 7. The van der Waals surface area contributed by atoms with E-state index in [1.807, 2.05) is 0 Å². The van der Waals surface area contributed by atoms with Crippen LogP contribution in [0.3, 0.4) is 0 Å². The Morgan fingerprint density at radius 2 is 1.67 bits per heavy atom. The van der Waals surface area contributed by atoms with Gasteiger partial charge in [-0.05, 0) is 52.0 Å². The summed E-state index contributed by atoms with van der Waals surface area (Å²) in [6.07, 6.45) is 0.939. The van der Waals surface area contributed by atoms with Crippen LogP contribution in [0.1, 0.15) is 25.0 Å². The van der Waals surface area contributed by atoms with Gasteiger partial charge in [0.1, 0.15) is 0 Å². The molecule has 0 saturated heterocycles. The van der Waals surface area contributed by atoms with E-state index >= 15 is 0 Å². The van der Waals surface area contributed by atoms with Crippen molar-refractivity contribution in [3.63, 3.8) is 0 Å². The van der Waals surface area contributed by atoms with Gasteiger partial charge in [-0.25, -0.2) is 0 Å². The van der Waals surface area contributed by atoms with Crippen LogP contribution in [0.5, 0.6) is 0 Å². The summed E-state index contributed by atoms with van der Waals surface area (Å²) < 4.78 is 5.78. The summed E-state index contributed by atoms with van der Waals surface area (Å²) in [5.74, 6) is 0. The zero-order chi connectivity index (χ0) is 13.6. The van der Waals surface area contributed by atoms with E-state index in [9.17, 15) is 0 Å². The number of ether oxygens (including phenoxy) is 1. The normalized spacial score (nSPS) is 12.1. The van der Waals surface area contributed by atoms with Gasteiger partial charge in [-0.2, -0.15) is 0 Å². The molecule has 1 rings (SSSR count). The lowest BCUT2D eigenvalue weighted by Gasteiger charge is -2.32. The topological polar surface area (TPSA) is 38.5 Å². The van der Waals surface area contributed by atoms with Crippen LogP contribution in [0.2, 0.25) is 0 Å². The quantitative estimate of drug-likeness (QED) is 0.805. The van der Waals surface area contributed by atoms with Crippen molar-refractivity contribution >= 4 is 0 Å². The Hall–Kier alpha value is -0.900. The molecule has 0 bridgehead atoms. The third kappa shape index (κ3) is 4.77. The van der Waals surface area contributed by atoms with E-state index in [1.54, 1.807) is 0 Å². The monoisotopic (exact) mass is 250 g/mol. The molecular weight excluding hydrogens is 224 g/mol. The van der Waals surface area contributed by atoms with Crippen molar-refractivity contribution in [2.45, 2.75) is 32.4 Å². The molecule has 0 atom stereocenters. The fourth-order valence-corrected chi connectivity index (χ4v) is 1.52. The fourth-order valence-electron chi connectivity index (χ4n) is 1.52. The van der Waals surface area contributed by atoms with E-state index in [2.05, 4.69) is 57.1 Å². The molecule has 0 aromatic heterocycles. The number of hydrogen-bond donors (Lipinski definition) is 1. The first-order chi connectivity index (χ1) is 8.45. The van der Waals surface area contributed by atoms with Gasteiger partial charge in [0, 0.05) is 5.54 Å².